The van der Waals surface area contributed by atoms with E-state index >= 15 is 0 Å². The number of hydrogen-bond acceptors (Lipinski definition) is 5. The van der Waals surface area contributed by atoms with E-state index in [2.05, 4.69) is 49.1 Å². The summed E-state index contributed by atoms with van der Waals surface area (Å²) in [5.41, 5.74) is 5.97. The topological polar surface area (TPSA) is 62.3 Å². The molecule has 0 N–H and O–H groups in total. The predicted molar refractivity (Wildman–Crippen MR) is 160 cm³/mol. The van der Waals surface area contributed by atoms with Gasteiger partial charge in [-0.1, -0.05) is 30.3 Å². The van der Waals surface area contributed by atoms with Crippen molar-refractivity contribution in [2.75, 3.05) is 44.3 Å². The van der Waals surface area contributed by atoms with Crippen molar-refractivity contribution in [1.82, 2.24) is 9.80 Å². The molecule has 3 aromatic carbocycles. The lowest BCUT2D eigenvalue weighted by Crippen LogP contribution is -2.57. The SMILES string of the molecule is CCOc1cc2c(cc1OCC)[C@@H]1[C@H](C(=O)N3CCN(c4cccc(C)c4)[C@H](C)C3)c3ccccc3C(=O)N1CC2. The van der Waals surface area contributed by atoms with Gasteiger partial charge in [0, 0.05) is 43.5 Å². The monoisotopic (exact) mass is 553 g/mol. The maximum absolute atomic E-state index is 14.6. The molecule has 3 heterocycles. The van der Waals surface area contributed by atoms with Crippen LogP contribution in [0.2, 0.25) is 0 Å². The molecule has 1 fully saturated rings. The van der Waals surface area contributed by atoms with E-state index in [0.29, 0.717) is 56.3 Å². The second-order valence-electron chi connectivity index (χ2n) is 11.3. The fourth-order valence-electron chi connectivity index (χ4n) is 6.88. The van der Waals surface area contributed by atoms with E-state index in [4.69, 9.17) is 9.47 Å². The Labute approximate surface area is 242 Å². The Morgan fingerprint density at radius 3 is 2.37 bits per heavy atom. The molecule has 0 unspecified atom stereocenters. The van der Waals surface area contributed by atoms with Gasteiger partial charge in [0.15, 0.2) is 11.5 Å². The van der Waals surface area contributed by atoms with Gasteiger partial charge in [-0.3, -0.25) is 9.59 Å². The van der Waals surface area contributed by atoms with Gasteiger partial charge in [-0.2, -0.15) is 0 Å². The summed E-state index contributed by atoms with van der Waals surface area (Å²) in [6.07, 6.45) is 0.708. The van der Waals surface area contributed by atoms with Crippen molar-refractivity contribution in [3.63, 3.8) is 0 Å². The summed E-state index contributed by atoms with van der Waals surface area (Å²) in [6, 6.07) is 20.1. The van der Waals surface area contributed by atoms with Crippen molar-refractivity contribution < 1.29 is 19.1 Å². The lowest BCUT2D eigenvalue weighted by atomic mass is 9.75. The molecule has 0 bridgehead atoms. The van der Waals surface area contributed by atoms with Gasteiger partial charge in [0.2, 0.25) is 5.91 Å². The molecule has 3 aromatic rings. The van der Waals surface area contributed by atoms with E-state index in [-0.39, 0.29) is 17.9 Å². The average molecular weight is 554 g/mol. The van der Waals surface area contributed by atoms with Crippen molar-refractivity contribution in [3.05, 3.63) is 88.5 Å². The number of amides is 2. The van der Waals surface area contributed by atoms with Crippen LogP contribution in [0.5, 0.6) is 11.5 Å². The number of anilines is 1. The number of piperazine rings is 1. The molecule has 0 saturated carbocycles. The highest BCUT2D eigenvalue weighted by atomic mass is 16.5. The van der Waals surface area contributed by atoms with E-state index in [1.807, 2.05) is 54.0 Å². The Morgan fingerprint density at radius 2 is 1.63 bits per heavy atom. The number of fused-ring (bicyclic) bond motifs is 4. The minimum absolute atomic E-state index is 0.00946. The van der Waals surface area contributed by atoms with Gasteiger partial charge >= 0.3 is 0 Å². The van der Waals surface area contributed by atoms with Crippen molar-refractivity contribution in [1.29, 1.82) is 0 Å². The minimum Gasteiger partial charge on any atom is -0.490 e. The first-order chi connectivity index (χ1) is 19.9. The Kier molecular flexibility index (Phi) is 7.37. The minimum atomic E-state index is -0.493. The molecule has 214 valence electrons. The van der Waals surface area contributed by atoms with Crippen LogP contribution in [-0.2, 0) is 11.2 Å². The largest absolute Gasteiger partial charge is 0.490 e. The van der Waals surface area contributed by atoms with Crippen LogP contribution in [0.4, 0.5) is 5.69 Å². The second kappa shape index (κ2) is 11.1. The lowest BCUT2D eigenvalue weighted by Gasteiger charge is -2.48. The molecule has 0 radical (unpaired) electrons. The zero-order chi connectivity index (χ0) is 28.7. The normalized spacial score (nSPS) is 21.6. The van der Waals surface area contributed by atoms with Crippen LogP contribution in [0, 0.1) is 6.92 Å². The van der Waals surface area contributed by atoms with Crippen molar-refractivity contribution in [3.8, 4) is 11.5 Å². The Balaban J connectivity index is 1.38. The van der Waals surface area contributed by atoms with E-state index < -0.39 is 12.0 Å². The number of carbonyl (C=O) groups excluding carboxylic acids is 2. The summed E-state index contributed by atoms with van der Waals surface area (Å²) in [6.45, 7) is 11.8. The lowest BCUT2D eigenvalue weighted by molar-refractivity contribution is -0.135. The molecule has 6 rings (SSSR count). The van der Waals surface area contributed by atoms with Crippen molar-refractivity contribution in [2.45, 2.75) is 52.1 Å². The van der Waals surface area contributed by atoms with E-state index in [0.717, 1.165) is 23.2 Å². The number of nitrogens with zero attached hydrogens (tertiary/aromatic N) is 3. The fourth-order valence-corrected chi connectivity index (χ4v) is 6.88. The summed E-state index contributed by atoms with van der Waals surface area (Å²) < 4.78 is 11.9. The van der Waals surface area contributed by atoms with Gasteiger partial charge in [0.05, 0.1) is 25.2 Å². The van der Waals surface area contributed by atoms with Crippen LogP contribution in [0.1, 0.15) is 65.3 Å². The van der Waals surface area contributed by atoms with Crippen LogP contribution in [0.15, 0.2) is 60.7 Å². The summed E-state index contributed by atoms with van der Waals surface area (Å²) in [4.78, 5) is 34.7. The first-order valence-corrected chi connectivity index (χ1v) is 14.9. The van der Waals surface area contributed by atoms with Gasteiger partial charge in [0.1, 0.15) is 0 Å². The number of benzene rings is 3. The molecule has 3 aliphatic rings. The van der Waals surface area contributed by atoms with Gasteiger partial charge in [-0.25, -0.2) is 0 Å². The van der Waals surface area contributed by atoms with Crippen LogP contribution < -0.4 is 14.4 Å². The first-order valence-electron chi connectivity index (χ1n) is 14.9. The molecule has 3 atom stereocenters. The van der Waals surface area contributed by atoms with E-state index in [1.165, 1.54) is 11.3 Å². The number of carbonyl (C=O) groups is 2. The molecule has 0 spiro atoms. The standard InChI is InChI=1S/C34H39N3O4/c1-5-40-29-19-24-14-15-37-32(28(24)20-30(29)41-6-2)31(26-12-7-8-13-27(26)33(37)38)34(39)35-16-17-36(23(4)21-35)25-11-9-10-22(3)18-25/h7-13,18-20,23,31-32H,5-6,14-17,21H2,1-4H3/t23-,31-,32-/m1/s1. The zero-order valence-corrected chi connectivity index (χ0v) is 24.4. The summed E-state index contributed by atoms with van der Waals surface area (Å²) >= 11 is 0. The molecule has 0 aliphatic carbocycles. The highest BCUT2D eigenvalue weighted by Gasteiger charge is 2.48. The average Bonchev–Trinajstić information content (AvgIpc) is 2.97. The summed E-state index contributed by atoms with van der Waals surface area (Å²) in [7, 11) is 0. The molecule has 7 heteroatoms. The highest BCUT2D eigenvalue weighted by molar-refractivity contribution is 6.01. The number of hydrogen-bond donors (Lipinski definition) is 0. The van der Waals surface area contributed by atoms with Gasteiger partial charge < -0.3 is 24.2 Å². The van der Waals surface area contributed by atoms with Crippen molar-refractivity contribution >= 4 is 17.5 Å². The van der Waals surface area contributed by atoms with Crippen molar-refractivity contribution in [2.24, 2.45) is 0 Å². The van der Waals surface area contributed by atoms with Crippen LogP contribution in [0.25, 0.3) is 0 Å². The highest BCUT2D eigenvalue weighted by Crippen LogP contribution is 2.49. The maximum Gasteiger partial charge on any atom is 0.254 e. The molecule has 1 saturated heterocycles. The molecule has 41 heavy (non-hydrogen) atoms. The van der Waals surface area contributed by atoms with E-state index in [1.54, 1.807) is 0 Å². The number of rotatable bonds is 6. The number of aryl methyl sites for hydroxylation is 1. The van der Waals surface area contributed by atoms with Gasteiger partial charge in [0.25, 0.3) is 5.91 Å². The van der Waals surface area contributed by atoms with Gasteiger partial charge in [-0.05, 0) is 86.7 Å². The molecule has 7 nitrogen and oxygen atoms in total. The molecular weight excluding hydrogens is 514 g/mol. The third-order valence-corrected chi connectivity index (χ3v) is 8.72. The van der Waals surface area contributed by atoms with Gasteiger partial charge in [-0.15, -0.1) is 0 Å². The third kappa shape index (κ3) is 4.81. The molecule has 2 amide bonds. The summed E-state index contributed by atoms with van der Waals surface area (Å²) in [5, 5.41) is 0. The zero-order valence-electron chi connectivity index (χ0n) is 24.4. The van der Waals surface area contributed by atoms with Crippen LogP contribution in [0.3, 0.4) is 0 Å². The molecule has 3 aliphatic heterocycles. The smallest absolute Gasteiger partial charge is 0.254 e. The van der Waals surface area contributed by atoms with Crippen LogP contribution >= 0.6 is 0 Å². The Hall–Kier alpha value is -4.00. The Bertz CT molecular complexity index is 1470. The first kappa shape index (κ1) is 27.2. The second-order valence-corrected chi connectivity index (χ2v) is 11.3. The molecular formula is C34H39N3O4. The fraction of sp³-hybridized carbons (Fsp3) is 0.412. The predicted octanol–water partition coefficient (Wildman–Crippen LogP) is 5.37. The number of ether oxygens (including phenoxy) is 2. The maximum atomic E-state index is 14.6. The quantitative estimate of drug-likeness (QED) is 0.411. The van der Waals surface area contributed by atoms with Crippen LogP contribution in [-0.4, -0.2) is 67.0 Å². The Morgan fingerprint density at radius 1 is 0.878 bits per heavy atom. The van der Waals surface area contributed by atoms with E-state index in [9.17, 15) is 9.59 Å². The third-order valence-electron chi connectivity index (χ3n) is 8.72. The molecule has 0 aromatic heterocycles. The summed E-state index contributed by atoms with van der Waals surface area (Å²) in [5.74, 6) is 0.953.